The summed E-state index contributed by atoms with van der Waals surface area (Å²) < 4.78 is 0. The van der Waals surface area contributed by atoms with E-state index in [0.29, 0.717) is 0 Å². The average molecular weight is 219 g/mol. The number of hydrogen-bond donors (Lipinski definition) is 1. The number of carbonyl (C=O) groups is 1. The van der Waals surface area contributed by atoms with Crippen LogP contribution in [0.4, 0.5) is 5.69 Å². The van der Waals surface area contributed by atoms with Gasteiger partial charge in [0.15, 0.2) is 0 Å². The fourth-order valence-corrected chi connectivity index (χ4v) is 2.24. The van der Waals surface area contributed by atoms with E-state index in [4.69, 9.17) is 5.73 Å². The van der Waals surface area contributed by atoms with E-state index in [0.717, 1.165) is 24.9 Å². The third-order valence-electron chi connectivity index (χ3n) is 3.27. The van der Waals surface area contributed by atoms with Gasteiger partial charge in [0.05, 0.1) is 5.92 Å². The molecule has 86 valence electrons. The molecule has 1 fully saturated rings. The smallest absolute Gasteiger partial charge is 0.231 e. The summed E-state index contributed by atoms with van der Waals surface area (Å²) in [6.07, 6.45) is 6.30. The van der Waals surface area contributed by atoms with Crippen LogP contribution in [0.15, 0.2) is 24.5 Å². The average Bonchev–Trinajstić information content (AvgIpc) is 2.75. The fourth-order valence-electron chi connectivity index (χ4n) is 2.24. The Bertz CT molecular complexity index is 366. The van der Waals surface area contributed by atoms with Gasteiger partial charge in [-0.1, -0.05) is 6.42 Å². The molecule has 0 bridgehead atoms. The Balaban J connectivity index is 2.10. The minimum Gasteiger partial charge on any atom is -0.327 e. The van der Waals surface area contributed by atoms with Gasteiger partial charge in [-0.3, -0.25) is 9.78 Å². The second-order valence-electron chi connectivity index (χ2n) is 4.30. The van der Waals surface area contributed by atoms with Crippen molar-refractivity contribution in [2.24, 2.45) is 11.7 Å². The lowest BCUT2D eigenvalue weighted by atomic mass is 10.0. The predicted octanol–water partition coefficient (Wildman–Crippen LogP) is 1.17. The van der Waals surface area contributed by atoms with Gasteiger partial charge >= 0.3 is 0 Å². The van der Waals surface area contributed by atoms with Crippen LogP contribution in [0.25, 0.3) is 0 Å². The Kier molecular flexibility index (Phi) is 3.19. The van der Waals surface area contributed by atoms with Gasteiger partial charge in [0.25, 0.3) is 0 Å². The minimum atomic E-state index is -0.0156. The van der Waals surface area contributed by atoms with Gasteiger partial charge in [0.2, 0.25) is 5.91 Å². The van der Waals surface area contributed by atoms with Gasteiger partial charge in [-0.25, -0.2) is 0 Å². The third-order valence-corrected chi connectivity index (χ3v) is 3.27. The monoisotopic (exact) mass is 219 g/mol. The van der Waals surface area contributed by atoms with E-state index in [1.54, 1.807) is 24.3 Å². The highest BCUT2D eigenvalue weighted by Crippen LogP contribution is 2.27. The van der Waals surface area contributed by atoms with E-state index < -0.39 is 0 Å². The maximum Gasteiger partial charge on any atom is 0.231 e. The van der Waals surface area contributed by atoms with Crippen molar-refractivity contribution in [2.45, 2.75) is 25.3 Å². The Labute approximate surface area is 95.5 Å². The van der Waals surface area contributed by atoms with Gasteiger partial charge in [-0.15, -0.1) is 0 Å². The highest BCUT2D eigenvalue weighted by atomic mass is 16.2. The molecule has 0 aliphatic heterocycles. The lowest BCUT2D eigenvalue weighted by molar-refractivity contribution is -0.122. The van der Waals surface area contributed by atoms with Crippen molar-refractivity contribution < 1.29 is 4.79 Å². The van der Waals surface area contributed by atoms with Gasteiger partial charge in [0.1, 0.15) is 0 Å². The number of anilines is 1. The van der Waals surface area contributed by atoms with Crippen molar-refractivity contribution in [3.05, 3.63) is 24.5 Å². The molecule has 0 aromatic carbocycles. The predicted molar refractivity (Wildman–Crippen MR) is 63.0 cm³/mol. The van der Waals surface area contributed by atoms with E-state index in [1.807, 2.05) is 12.1 Å². The molecule has 0 saturated heterocycles. The lowest BCUT2D eigenvalue weighted by Gasteiger charge is -2.23. The molecule has 4 heteroatoms. The molecule has 2 rings (SSSR count). The first-order valence-corrected chi connectivity index (χ1v) is 5.63. The summed E-state index contributed by atoms with van der Waals surface area (Å²) in [7, 11) is 1.79. The Morgan fingerprint density at radius 3 is 2.69 bits per heavy atom. The van der Waals surface area contributed by atoms with Crippen LogP contribution in [0.5, 0.6) is 0 Å². The molecule has 4 nitrogen and oxygen atoms in total. The van der Waals surface area contributed by atoms with Crippen LogP contribution in [0.3, 0.4) is 0 Å². The van der Waals surface area contributed by atoms with Crippen LogP contribution < -0.4 is 10.6 Å². The molecule has 2 atom stereocenters. The Morgan fingerprint density at radius 2 is 2.12 bits per heavy atom. The van der Waals surface area contributed by atoms with Crippen LogP contribution >= 0.6 is 0 Å². The molecule has 1 saturated carbocycles. The summed E-state index contributed by atoms with van der Waals surface area (Å²) in [4.78, 5) is 17.8. The van der Waals surface area contributed by atoms with Crippen LogP contribution in [-0.2, 0) is 4.79 Å². The second kappa shape index (κ2) is 4.61. The molecule has 0 radical (unpaired) electrons. The van der Waals surface area contributed by atoms with Crippen LogP contribution in [0.1, 0.15) is 19.3 Å². The fraction of sp³-hybridized carbons (Fsp3) is 0.500. The zero-order chi connectivity index (χ0) is 11.5. The molecule has 1 aromatic rings. The molecule has 1 aliphatic rings. The van der Waals surface area contributed by atoms with Crippen molar-refractivity contribution in [1.29, 1.82) is 0 Å². The van der Waals surface area contributed by atoms with E-state index in [1.165, 1.54) is 0 Å². The highest BCUT2D eigenvalue weighted by molar-refractivity contribution is 5.95. The van der Waals surface area contributed by atoms with Crippen LogP contribution in [0.2, 0.25) is 0 Å². The topological polar surface area (TPSA) is 59.2 Å². The molecule has 2 N–H and O–H groups in total. The summed E-state index contributed by atoms with van der Waals surface area (Å²) in [5.41, 5.74) is 6.81. The molecule has 2 unspecified atom stereocenters. The molecular weight excluding hydrogens is 202 g/mol. The highest BCUT2D eigenvalue weighted by Gasteiger charge is 2.32. The molecule has 16 heavy (non-hydrogen) atoms. The number of nitrogens with two attached hydrogens (primary N) is 1. The van der Waals surface area contributed by atoms with Gasteiger partial charge < -0.3 is 10.6 Å². The van der Waals surface area contributed by atoms with Crippen LogP contribution in [0, 0.1) is 5.92 Å². The number of amides is 1. The normalized spacial score (nSPS) is 24.4. The summed E-state index contributed by atoms with van der Waals surface area (Å²) in [6, 6.07) is 3.69. The number of hydrogen-bond acceptors (Lipinski definition) is 3. The molecule has 1 amide bonds. The number of carbonyl (C=O) groups excluding carboxylic acids is 1. The first kappa shape index (κ1) is 11.1. The number of aromatic nitrogens is 1. The lowest BCUT2D eigenvalue weighted by Crippen LogP contribution is -2.39. The Hall–Kier alpha value is -1.42. The standard InChI is InChI=1S/C12H17N3O/c1-15(9-5-7-14-8-6-9)12(16)10-3-2-4-11(10)13/h5-8,10-11H,2-4,13H2,1H3. The van der Waals surface area contributed by atoms with Gasteiger partial charge in [-0.05, 0) is 25.0 Å². The second-order valence-corrected chi connectivity index (χ2v) is 4.30. The van der Waals surface area contributed by atoms with Crippen molar-refractivity contribution in [3.63, 3.8) is 0 Å². The first-order chi connectivity index (χ1) is 7.70. The van der Waals surface area contributed by atoms with Crippen molar-refractivity contribution in [2.75, 3.05) is 11.9 Å². The van der Waals surface area contributed by atoms with E-state index in [9.17, 15) is 4.79 Å². The van der Waals surface area contributed by atoms with Crippen LogP contribution in [-0.4, -0.2) is 24.0 Å². The van der Waals surface area contributed by atoms with E-state index in [-0.39, 0.29) is 17.9 Å². The van der Waals surface area contributed by atoms with Gasteiger partial charge in [0, 0.05) is 31.2 Å². The number of pyridine rings is 1. The summed E-state index contributed by atoms with van der Waals surface area (Å²) in [5.74, 6) is 0.106. The molecule has 1 heterocycles. The molecule has 1 aliphatic carbocycles. The number of rotatable bonds is 2. The summed E-state index contributed by atoms with van der Waals surface area (Å²) in [6.45, 7) is 0. The van der Waals surface area contributed by atoms with Crippen molar-refractivity contribution in [3.8, 4) is 0 Å². The summed E-state index contributed by atoms with van der Waals surface area (Å²) in [5, 5.41) is 0. The van der Waals surface area contributed by atoms with E-state index in [2.05, 4.69) is 4.98 Å². The Morgan fingerprint density at radius 1 is 1.44 bits per heavy atom. The molecule has 1 aromatic heterocycles. The van der Waals surface area contributed by atoms with E-state index >= 15 is 0 Å². The quantitative estimate of drug-likeness (QED) is 0.812. The van der Waals surface area contributed by atoms with Gasteiger partial charge in [-0.2, -0.15) is 0 Å². The zero-order valence-corrected chi connectivity index (χ0v) is 9.47. The molecular formula is C12H17N3O. The summed E-state index contributed by atoms with van der Waals surface area (Å²) >= 11 is 0. The zero-order valence-electron chi connectivity index (χ0n) is 9.47. The maximum absolute atomic E-state index is 12.2. The van der Waals surface area contributed by atoms with Crippen molar-refractivity contribution >= 4 is 11.6 Å². The largest absolute Gasteiger partial charge is 0.327 e. The number of nitrogens with zero attached hydrogens (tertiary/aromatic N) is 2. The minimum absolute atomic E-state index is 0.0156. The SMILES string of the molecule is CN(C(=O)C1CCCC1N)c1ccncc1. The maximum atomic E-state index is 12.2. The molecule has 0 spiro atoms. The van der Waals surface area contributed by atoms with Crippen molar-refractivity contribution in [1.82, 2.24) is 4.98 Å². The first-order valence-electron chi connectivity index (χ1n) is 5.63. The third kappa shape index (κ3) is 2.07.